The maximum atomic E-state index is 12.6. The molecule has 0 bridgehead atoms. The van der Waals surface area contributed by atoms with Crippen LogP contribution in [-0.2, 0) is 6.54 Å². The van der Waals surface area contributed by atoms with Crippen molar-refractivity contribution in [2.24, 2.45) is 0 Å². The summed E-state index contributed by atoms with van der Waals surface area (Å²) in [6.45, 7) is 3.10. The second kappa shape index (κ2) is 6.61. The summed E-state index contributed by atoms with van der Waals surface area (Å²) in [5.41, 5.74) is 6.90. The van der Waals surface area contributed by atoms with Crippen molar-refractivity contribution in [1.29, 1.82) is 0 Å². The molecule has 0 saturated carbocycles. The molecule has 0 unspecified atom stereocenters. The number of halogens is 2. The molecule has 2 aromatic rings. The van der Waals surface area contributed by atoms with Crippen LogP contribution in [0.5, 0.6) is 0 Å². The van der Waals surface area contributed by atoms with E-state index in [4.69, 9.17) is 17.3 Å². The molecule has 0 spiro atoms. The first-order valence-electron chi connectivity index (χ1n) is 6.09. The average Bonchev–Trinajstić information content (AvgIpc) is 2.83. The van der Waals surface area contributed by atoms with E-state index in [0.717, 1.165) is 13.7 Å². The molecule has 0 aliphatic carbocycles. The number of hydrogen-bond acceptors (Lipinski definition) is 3. The van der Waals surface area contributed by atoms with Gasteiger partial charge in [-0.05, 0) is 37.3 Å². The normalized spacial score (nSPS) is 10.6. The Balaban J connectivity index is 2.22. The first kappa shape index (κ1) is 15.4. The largest absolute Gasteiger partial charge is 0.398 e. The van der Waals surface area contributed by atoms with Gasteiger partial charge in [-0.3, -0.25) is 4.79 Å². The Hall–Kier alpha value is -1.04. The van der Waals surface area contributed by atoms with Gasteiger partial charge in [-0.15, -0.1) is 11.3 Å². The fraction of sp³-hybridized carbons (Fsp3) is 0.214. The van der Waals surface area contributed by atoms with Crippen LogP contribution in [0.15, 0.2) is 34.8 Å². The lowest BCUT2D eigenvalue weighted by Gasteiger charge is -2.21. The van der Waals surface area contributed by atoms with Crippen molar-refractivity contribution in [3.05, 3.63) is 49.6 Å². The van der Waals surface area contributed by atoms with Gasteiger partial charge in [0.1, 0.15) is 0 Å². The van der Waals surface area contributed by atoms with Crippen LogP contribution in [0.1, 0.15) is 22.2 Å². The topological polar surface area (TPSA) is 46.3 Å². The van der Waals surface area contributed by atoms with E-state index in [0.29, 0.717) is 24.3 Å². The summed E-state index contributed by atoms with van der Waals surface area (Å²) < 4.78 is 1.57. The second-order valence-electron chi connectivity index (χ2n) is 4.26. The zero-order valence-electron chi connectivity index (χ0n) is 10.9. The standard InChI is InChI=1S/C14H14BrClN2OS/c1-2-18(8-10-4-6-13(16)20-10)14(19)11-7-9(15)3-5-12(11)17/h3-7H,2,8,17H2,1H3. The number of nitrogen functional groups attached to an aromatic ring is 1. The molecule has 106 valence electrons. The number of carbonyl (C=O) groups excluding carboxylic acids is 1. The first-order valence-corrected chi connectivity index (χ1v) is 8.08. The van der Waals surface area contributed by atoms with Crippen LogP contribution in [-0.4, -0.2) is 17.4 Å². The Morgan fingerprint density at radius 1 is 1.40 bits per heavy atom. The highest BCUT2D eigenvalue weighted by Crippen LogP contribution is 2.25. The number of amides is 1. The highest BCUT2D eigenvalue weighted by molar-refractivity contribution is 9.10. The molecule has 0 fully saturated rings. The van der Waals surface area contributed by atoms with Crippen LogP contribution in [0.25, 0.3) is 0 Å². The predicted molar refractivity (Wildman–Crippen MR) is 88.3 cm³/mol. The highest BCUT2D eigenvalue weighted by Gasteiger charge is 2.18. The molecular formula is C14H14BrClN2OS. The molecule has 0 atom stereocenters. The smallest absolute Gasteiger partial charge is 0.256 e. The minimum absolute atomic E-state index is 0.0733. The summed E-state index contributed by atoms with van der Waals surface area (Å²) in [5.74, 6) is -0.0733. The summed E-state index contributed by atoms with van der Waals surface area (Å²) >= 11 is 10.8. The van der Waals surface area contributed by atoms with Gasteiger partial charge in [-0.2, -0.15) is 0 Å². The fourth-order valence-electron chi connectivity index (χ4n) is 1.84. The number of anilines is 1. The minimum atomic E-state index is -0.0733. The average molecular weight is 374 g/mol. The molecule has 0 aliphatic rings. The van der Waals surface area contributed by atoms with Gasteiger partial charge in [0.15, 0.2) is 0 Å². The molecule has 3 nitrogen and oxygen atoms in total. The number of nitrogens with zero attached hydrogens (tertiary/aromatic N) is 1. The van der Waals surface area contributed by atoms with Gasteiger partial charge in [-0.1, -0.05) is 27.5 Å². The van der Waals surface area contributed by atoms with Gasteiger partial charge in [0.05, 0.1) is 16.4 Å². The summed E-state index contributed by atoms with van der Waals surface area (Å²) in [5, 5.41) is 0. The monoisotopic (exact) mass is 372 g/mol. The third-order valence-electron chi connectivity index (χ3n) is 2.89. The molecule has 2 rings (SSSR count). The molecule has 1 aromatic heterocycles. The number of rotatable bonds is 4. The van der Waals surface area contributed by atoms with Crippen molar-refractivity contribution in [3.8, 4) is 0 Å². The zero-order chi connectivity index (χ0) is 14.7. The Kier molecular flexibility index (Phi) is 5.07. The van der Waals surface area contributed by atoms with Crippen LogP contribution in [0.4, 0.5) is 5.69 Å². The van der Waals surface area contributed by atoms with Gasteiger partial charge in [-0.25, -0.2) is 0 Å². The zero-order valence-corrected chi connectivity index (χ0v) is 14.1. The fourth-order valence-corrected chi connectivity index (χ4v) is 3.30. The maximum absolute atomic E-state index is 12.6. The maximum Gasteiger partial charge on any atom is 0.256 e. The molecule has 0 aliphatic heterocycles. The Morgan fingerprint density at radius 2 is 2.15 bits per heavy atom. The van der Waals surface area contributed by atoms with E-state index >= 15 is 0 Å². The molecule has 6 heteroatoms. The molecule has 0 radical (unpaired) electrons. The summed E-state index contributed by atoms with van der Waals surface area (Å²) in [7, 11) is 0. The van der Waals surface area contributed by atoms with Crippen LogP contribution in [0.2, 0.25) is 4.34 Å². The Morgan fingerprint density at radius 3 is 2.75 bits per heavy atom. The second-order valence-corrected chi connectivity index (χ2v) is 6.97. The van der Waals surface area contributed by atoms with Gasteiger partial charge in [0, 0.05) is 21.6 Å². The lowest BCUT2D eigenvalue weighted by atomic mass is 10.1. The summed E-state index contributed by atoms with van der Waals surface area (Å²) in [6.07, 6.45) is 0. The highest BCUT2D eigenvalue weighted by atomic mass is 79.9. The number of benzene rings is 1. The van der Waals surface area contributed by atoms with Crippen molar-refractivity contribution < 1.29 is 4.79 Å². The van der Waals surface area contributed by atoms with E-state index in [-0.39, 0.29) is 5.91 Å². The number of hydrogen-bond donors (Lipinski definition) is 1. The Bertz CT molecular complexity index is 629. The third-order valence-corrected chi connectivity index (χ3v) is 4.60. The predicted octanol–water partition coefficient (Wildman–Crippen LogP) is 4.41. The molecule has 1 amide bonds. The van der Waals surface area contributed by atoms with Crippen LogP contribution < -0.4 is 5.73 Å². The first-order chi connectivity index (χ1) is 9.51. The van der Waals surface area contributed by atoms with E-state index < -0.39 is 0 Å². The number of nitrogens with two attached hydrogens (primary N) is 1. The van der Waals surface area contributed by atoms with Crippen molar-refractivity contribution in [2.75, 3.05) is 12.3 Å². The molecule has 0 saturated heterocycles. The van der Waals surface area contributed by atoms with Crippen molar-refractivity contribution in [3.63, 3.8) is 0 Å². The lowest BCUT2D eigenvalue weighted by molar-refractivity contribution is 0.0755. The van der Waals surface area contributed by atoms with E-state index in [2.05, 4.69) is 15.9 Å². The van der Waals surface area contributed by atoms with Crippen molar-refractivity contribution in [1.82, 2.24) is 4.90 Å². The molecule has 1 heterocycles. The number of carbonyl (C=O) groups is 1. The van der Waals surface area contributed by atoms with Crippen LogP contribution >= 0.6 is 38.9 Å². The molecule has 20 heavy (non-hydrogen) atoms. The minimum Gasteiger partial charge on any atom is -0.398 e. The van der Waals surface area contributed by atoms with E-state index in [9.17, 15) is 4.79 Å². The van der Waals surface area contributed by atoms with E-state index in [1.807, 2.05) is 25.1 Å². The molecule has 1 aromatic carbocycles. The lowest BCUT2D eigenvalue weighted by Crippen LogP contribution is -2.30. The summed E-state index contributed by atoms with van der Waals surface area (Å²) in [4.78, 5) is 15.4. The van der Waals surface area contributed by atoms with E-state index in [1.54, 1.807) is 17.0 Å². The van der Waals surface area contributed by atoms with Gasteiger partial charge >= 0.3 is 0 Å². The quantitative estimate of drug-likeness (QED) is 0.807. The van der Waals surface area contributed by atoms with Crippen LogP contribution in [0, 0.1) is 0 Å². The third kappa shape index (κ3) is 3.53. The molecule has 2 N–H and O–H groups in total. The van der Waals surface area contributed by atoms with Crippen molar-refractivity contribution in [2.45, 2.75) is 13.5 Å². The SMILES string of the molecule is CCN(Cc1ccc(Cl)s1)C(=O)c1cc(Br)ccc1N. The summed E-state index contributed by atoms with van der Waals surface area (Å²) in [6, 6.07) is 9.08. The number of thiophene rings is 1. The van der Waals surface area contributed by atoms with Crippen LogP contribution in [0.3, 0.4) is 0 Å². The van der Waals surface area contributed by atoms with Crippen molar-refractivity contribution >= 4 is 50.5 Å². The van der Waals surface area contributed by atoms with E-state index in [1.165, 1.54) is 11.3 Å². The van der Waals surface area contributed by atoms with Gasteiger partial charge in [0.2, 0.25) is 0 Å². The van der Waals surface area contributed by atoms with Gasteiger partial charge in [0.25, 0.3) is 5.91 Å². The Labute approximate surface area is 135 Å². The van der Waals surface area contributed by atoms with Gasteiger partial charge < -0.3 is 10.6 Å². The molecular weight excluding hydrogens is 360 g/mol.